The molecule has 0 amide bonds. The van der Waals surface area contributed by atoms with Crippen LogP contribution in [0.4, 0.5) is 5.95 Å². The maximum absolute atomic E-state index is 6.17. The van der Waals surface area contributed by atoms with E-state index in [-0.39, 0.29) is 0 Å². The van der Waals surface area contributed by atoms with Crippen LogP contribution in [0.15, 0.2) is 36.5 Å². The van der Waals surface area contributed by atoms with E-state index in [4.69, 9.17) is 5.73 Å². The molecule has 1 atom stereocenters. The lowest BCUT2D eigenvalue weighted by molar-refractivity contribution is 0.455. The first-order chi connectivity index (χ1) is 10.2. The van der Waals surface area contributed by atoms with Crippen molar-refractivity contribution in [1.29, 1.82) is 0 Å². The summed E-state index contributed by atoms with van der Waals surface area (Å²) in [4.78, 5) is 9.04. The predicted molar refractivity (Wildman–Crippen MR) is 84.2 cm³/mol. The van der Waals surface area contributed by atoms with Gasteiger partial charge in [0, 0.05) is 12.2 Å². The number of benzene rings is 1. The lowest BCUT2D eigenvalue weighted by Gasteiger charge is -2.26. The molecule has 0 aliphatic heterocycles. The fourth-order valence-electron chi connectivity index (χ4n) is 3.36. The average Bonchev–Trinajstić information content (AvgIpc) is 2.81. The third kappa shape index (κ3) is 1.98. The molecule has 0 saturated carbocycles. The molecule has 1 aliphatic carbocycles. The van der Waals surface area contributed by atoms with Crippen molar-refractivity contribution < 1.29 is 0 Å². The molecule has 1 unspecified atom stereocenters. The Morgan fingerprint density at radius 3 is 2.90 bits per heavy atom. The standard InChI is InChI=1S/C17H18N4/c1-11-8-15-16(19-10-11)21(17(18)20-15)14-7-6-12-4-2-3-5-13(12)9-14/h2-5,8,10,14H,6-7,9H2,1H3,(H2,18,20). The number of hydrogen-bond donors (Lipinski definition) is 1. The quantitative estimate of drug-likeness (QED) is 0.744. The number of fused-ring (bicyclic) bond motifs is 2. The largest absolute Gasteiger partial charge is 0.369 e. The van der Waals surface area contributed by atoms with Crippen LogP contribution < -0.4 is 5.73 Å². The van der Waals surface area contributed by atoms with Gasteiger partial charge in [-0.15, -0.1) is 0 Å². The van der Waals surface area contributed by atoms with Crippen molar-refractivity contribution in [2.75, 3.05) is 5.73 Å². The molecule has 106 valence electrons. The van der Waals surface area contributed by atoms with E-state index in [0.717, 1.165) is 36.0 Å². The molecule has 0 fully saturated rings. The highest BCUT2D eigenvalue weighted by molar-refractivity contribution is 5.74. The number of imidazole rings is 1. The van der Waals surface area contributed by atoms with Gasteiger partial charge in [0.15, 0.2) is 5.65 Å². The smallest absolute Gasteiger partial charge is 0.202 e. The van der Waals surface area contributed by atoms with Gasteiger partial charge < -0.3 is 5.73 Å². The Morgan fingerprint density at radius 2 is 2.05 bits per heavy atom. The first kappa shape index (κ1) is 12.4. The van der Waals surface area contributed by atoms with Crippen LogP contribution in [-0.4, -0.2) is 14.5 Å². The Labute approximate surface area is 123 Å². The van der Waals surface area contributed by atoms with Crippen molar-refractivity contribution in [1.82, 2.24) is 14.5 Å². The average molecular weight is 278 g/mol. The second kappa shape index (κ2) is 4.58. The summed E-state index contributed by atoms with van der Waals surface area (Å²) < 4.78 is 2.12. The third-order valence-corrected chi connectivity index (χ3v) is 4.38. The molecule has 4 heteroatoms. The van der Waals surface area contributed by atoms with Crippen molar-refractivity contribution in [3.8, 4) is 0 Å². The van der Waals surface area contributed by atoms with Crippen LogP contribution in [0, 0.1) is 6.92 Å². The highest BCUT2D eigenvalue weighted by Crippen LogP contribution is 2.32. The molecular weight excluding hydrogens is 260 g/mol. The third-order valence-electron chi connectivity index (χ3n) is 4.38. The van der Waals surface area contributed by atoms with Crippen LogP contribution >= 0.6 is 0 Å². The molecule has 0 spiro atoms. The Hall–Kier alpha value is -2.36. The normalized spacial score (nSPS) is 17.9. The lowest BCUT2D eigenvalue weighted by Crippen LogP contribution is -2.20. The van der Waals surface area contributed by atoms with Gasteiger partial charge in [-0.1, -0.05) is 24.3 Å². The van der Waals surface area contributed by atoms with Crippen molar-refractivity contribution in [3.05, 3.63) is 53.2 Å². The minimum Gasteiger partial charge on any atom is -0.369 e. The van der Waals surface area contributed by atoms with Gasteiger partial charge in [-0.2, -0.15) is 0 Å². The molecule has 2 N–H and O–H groups in total. The van der Waals surface area contributed by atoms with Gasteiger partial charge in [-0.3, -0.25) is 4.57 Å². The highest BCUT2D eigenvalue weighted by Gasteiger charge is 2.23. The first-order valence-corrected chi connectivity index (χ1v) is 7.39. The predicted octanol–water partition coefficient (Wildman–Crippen LogP) is 3.05. The molecule has 0 saturated heterocycles. The zero-order valence-corrected chi connectivity index (χ0v) is 12.1. The number of aromatic nitrogens is 3. The van der Waals surface area contributed by atoms with Crippen LogP contribution in [0.25, 0.3) is 11.2 Å². The molecule has 1 aliphatic rings. The van der Waals surface area contributed by atoms with E-state index in [1.807, 2.05) is 19.2 Å². The second-order valence-corrected chi connectivity index (χ2v) is 5.86. The minimum atomic E-state index is 0.347. The summed E-state index contributed by atoms with van der Waals surface area (Å²) in [6.07, 6.45) is 5.06. The van der Waals surface area contributed by atoms with E-state index in [9.17, 15) is 0 Å². The van der Waals surface area contributed by atoms with Crippen molar-refractivity contribution in [2.45, 2.75) is 32.2 Å². The summed E-state index contributed by atoms with van der Waals surface area (Å²) in [5, 5.41) is 0. The van der Waals surface area contributed by atoms with E-state index in [1.165, 1.54) is 11.1 Å². The molecule has 0 radical (unpaired) electrons. The Bertz CT molecular complexity index is 819. The highest BCUT2D eigenvalue weighted by atomic mass is 15.2. The van der Waals surface area contributed by atoms with Crippen molar-refractivity contribution in [2.24, 2.45) is 0 Å². The van der Waals surface area contributed by atoms with E-state index < -0.39 is 0 Å². The monoisotopic (exact) mass is 278 g/mol. The zero-order chi connectivity index (χ0) is 14.4. The van der Waals surface area contributed by atoms with E-state index in [0.29, 0.717) is 12.0 Å². The van der Waals surface area contributed by atoms with Gasteiger partial charge in [0.1, 0.15) is 5.52 Å². The minimum absolute atomic E-state index is 0.347. The SMILES string of the molecule is Cc1cnc2c(c1)nc(N)n2C1CCc2ccccc2C1. The molecular formula is C17H18N4. The van der Waals surface area contributed by atoms with E-state index >= 15 is 0 Å². The molecule has 4 nitrogen and oxygen atoms in total. The Kier molecular flexibility index (Phi) is 2.70. The topological polar surface area (TPSA) is 56.7 Å². The molecule has 2 heterocycles. The number of rotatable bonds is 1. The molecule has 1 aromatic carbocycles. The summed E-state index contributed by atoms with van der Waals surface area (Å²) in [5.41, 5.74) is 12.0. The second-order valence-electron chi connectivity index (χ2n) is 5.86. The molecule has 0 bridgehead atoms. The van der Waals surface area contributed by atoms with Gasteiger partial charge in [0.25, 0.3) is 0 Å². The molecule has 2 aromatic heterocycles. The molecule has 21 heavy (non-hydrogen) atoms. The Morgan fingerprint density at radius 1 is 1.24 bits per heavy atom. The maximum Gasteiger partial charge on any atom is 0.202 e. The van der Waals surface area contributed by atoms with Gasteiger partial charge in [-0.05, 0) is 48.9 Å². The number of nitrogens with two attached hydrogens (primary N) is 1. The molecule has 3 aromatic rings. The maximum atomic E-state index is 6.17. The first-order valence-electron chi connectivity index (χ1n) is 7.39. The van der Waals surface area contributed by atoms with Crippen LogP contribution in [0.2, 0.25) is 0 Å². The number of nitrogens with zero attached hydrogens (tertiary/aromatic N) is 3. The molecule has 4 rings (SSSR count). The summed E-state index contributed by atoms with van der Waals surface area (Å²) in [7, 11) is 0. The number of nitrogen functional groups attached to an aromatic ring is 1. The summed E-state index contributed by atoms with van der Waals surface area (Å²) in [6.45, 7) is 2.03. The Balaban J connectivity index is 1.79. The fourth-order valence-corrected chi connectivity index (χ4v) is 3.36. The summed E-state index contributed by atoms with van der Waals surface area (Å²) in [5.74, 6) is 0.576. The number of hydrogen-bond acceptors (Lipinski definition) is 3. The van der Waals surface area contributed by atoms with Crippen LogP contribution in [0.3, 0.4) is 0 Å². The van der Waals surface area contributed by atoms with Crippen molar-refractivity contribution >= 4 is 17.1 Å². The summed E-state index contributed by atoms with van der Waals surface area (Å²) >= 11 is 0. The van der Waals surface area contributed by atoms with Crippen LogP contribution in [0.5, 0.6) is 0 Å². The summed E-state index contributed by atoms with van der Waals surface area (Å²) in [6, 6.07) is 11.1. The van der Waals surface area contributed by atoms with E-state index in [1.54, 1.807) is 0 Å². The van der Waals surface area contributed by atoms with E-state index in [2.05, 4.69) is 38.8 Å². The lowest BCUT2D eigenvalue weighted by atomic mass is 9.88. The zero-order valence-electron chi connectivity index (χ0n) is 12.1. The van der Waals surface area contributed by atoms with Crippen LogP contribution in [-0.2, 0) is 12.8 Å². The van der Waals surface area contributed by atoms with Gasteiger partial charge in [0.2, 0.25) is 5.95 Å². The number of aryl methyl sites for hydroxylation is 2. The fraction of sp³-hybridized carbons (Fsp3) is 0.294. The van der Waals surface area contributed by atoms with Gasteiger partial charge in [-0.25, -0.2) is 9.97 Å². The van der Waals surface area contributed by atoms with Crippen molar-refractivity contribution in [3.63, 3.8) is 0 Å². The number of anilines is 1. The number of pyridine rings is 1. The van der Waals surface area contributed by atoms with Gasteiger partial charge in [0.05, 0.1) is 0 Å². The van der Waals surface area contributed by atoms with Crippen LogP contribution in [0.1, 0.15) is 29.2 Å². The van der Waals surface area contributed by atoms with Gasteiger partial charge >= 0.3 is 0 Å².